The molecule has 2 rings (SSSR count). The second kappa shape index (κ2) is 5.83. The van der Waals surface area contributed by atoms with Gasteiger partial charge in [0.05, 0.1) is 12.2 Å². The van der Waals surface area contributed by atoms with Crippen molar-refractivity contribution in [3.63, 3.8) is 0 Å². The first kappa shape index (κ1) is 12.8. The molecule has 3 heteroatoms. The number of benzene rings is 1. The Labute approximate surface area is 107 Å². The summed E-state index contributed by atoms with van der Waals surface area (Å²) < 4.78 is 10.7. The number of carbonyl (C=O) groups is 1. The maximum atomic E-state index is 11.9. The van der Waals surface area contributed by atoms with E-state index in [1.807, 2.05) is 19.1 Å². The first-order chi connectivity index (χ1) is 8.66. The Balaban J connectivity index is 1.97. The third-order valence-corrected chi connectivity index (χ3v) is 2.99. The van der Waals surface area contributed by atoms with Gasteiger partial charge in [-0.05, 0) is 37.5 Å². The van der Waals surface area contributed by atoms with Gasteiger partial charge in [-0.1, -0.05) is 24.3 Å². The molecule has 18 heavy (non-hydrogen) atoms. The maximum Gasteiger partial charge on any atom is 0.340 e. The van der Waals surface area contributed by atoms with Gasteiger partial charge in [-0.15, -0.1) is 0 Å². The highest BCUT2D eigenvalue weighted by Crippen LogP contribution is 2.17. The van der Waals surface area contributed by atoms with Gasteiger partial charge >= 0.3 is 5.97 Å². The molecule has 1 atom stereocenters. The number of esters is 1. The smallest absolute Gasteiger partial charge is 0.340 e. The third kappa shape index (κ3) is 3.20. The zero-order chi connectivity index (χ0) is 13.0. The van der Waals surface area contributed by atoms with Gasteiger partial charge in [0.25, 0.3) is 0 Å². The average Bonchev–Trinajstić information content (AvgIpc) is 2.40. The van der Waals surface area contributed by atoms with Gasteiger partial charge in [0, 0.05) is 6.42 Å². The lowest BCUT2D eigenvalue weighted by atomic mass is 10.1. The lowest BCUT2D eigenvalue weighted by Crippen LogP contribution is -2.25. The lowest BCUT2D eigenvalue weighted by Gasteiger charge is -2.22. The van der Waals surface area contributed by atoms with Crippen molar-refractivity contribution >= 4 is 11.5 Å². The molecule has 1 saturated heterocycles. The Hall–Kier alpha value is -1.61. The van der Waals surface area contributed by atoms with Crippen LogP contribution in [0.3, 0.4) is 0 Å². The summed E-state index contributed by atoms with van der Waals surface area (Å²) in [6.07, 6.45) is 2.50. The molecular weight excluding hydrogens is 228 g/mol. The minimum Gasteiger partial charge on any atom is -0.432 e. The molecule has 0 aromatic heterocycles. The highest BCUT2D eigenvalue weighted by atomic mass is 16.7. The molecule has 0 radical (unpaired) electrons. The summed E-state index contributed by atoms with van der Waals surface area (Å²) in [4.78, 5) is 11.9. The van der Waals surface area contributed by atoms with Crippen LogP contribution in [0.25, 0.3) is 5.57 Å². The zero-order valence-corrected chi connectivity index (χ0v) is 10.6. The van der Waals surface area contributed by atoms with Crippen LogP contribution < -0.4 is 0 Å². The zero-order valence-electron chi connectivity index (χ0n) is 10.6. The van der Waals surface area contributed by atoms with Crippen LogP contribution >= 0.6 is 0 Å². The summed E-state index contributed by atoms with van der Waals surface area (Å²) in [7, 11) is 0. The molecule has 0 N–H and O–H groups in total. The molecule has 1 heterocycles. The molecule has 1 unspecified atom stereocenters. The fourth-order valence-corrected chi connectivity index (χ4v) is 1.88. The van der Waals surface area contributed by atoms with Crippen LogP contribution in [-0.4, -0.2) is 18.9 Å². The second-order valence-corrected chi connectivity index (χ2v) is 4.56. The molecule has 96 valence electrons. The highest BCUT2D eigenvalue weighted by Gasteiger charge is 2.19. The van der Waals surface area contributed by atoms with Crippen LogP contribution in [0.15, 0.2) is 30.8 Å². The van der Waals surface area contributed by atoms with Crippen molar-refractivity contribution in [3.05, 3.63) is 42.0 Å². The summed E-state index contributed by atoms with van der Waals surface area (Å²) in [5, 5.41) is 0. The van der Waals surface area contributed by atoms with Crippen molar-refractivity contribution in [3.8, 4) is 0 Å². The largest absolute Gasteiger partial charge is 0.432 e. The molecule has 1 aromatic rings. The molecule has 0 amide bonds. The summed E-state index contributed by atoms with van der Waals surface area (Å²) in [5.41, 5.74) is 2.56. The monoisotopic (exact) mass is 246 g/mol. The molecule has 0 spiro atoms. The molecule has 3 nitrogen and oxygen atoms in total. The van der Waals surface area contributed by atoms with Crippen LogP contribution in [0, 0.1) is 0 Å². The van der Waals surface area contributed by atoms with Crippen molar-refractivity contribution in [2.45, 2.75) is 32.5 Å². The minimum absolute atomic E-state index is 0.324. The average molecular weight is 246 g/mol. The fourth-order valence-electron chi connectivity index (χ4n) is 1.88. The maximum absolute atomic E-state index is 11.9. The lowest BCUT2D eigenvalue weighted by molar-refractivity contribution is -0.130. The van der Waals surface area contributed by atoms with Gasteiger partial charge in [-0.3, -0.25) is 0 Å². The van der Waals surface area contributed by atoms with E-state index in [4.69, 9.17) is 9.47 Å². The molecule has 0 aliphatic carbocycles. The SMILES string of the molecule is C=C(C)c1ccc(C(=O)OC2CCCCO2)cc1. The molecule has 1 aliphatic rings. The van der Waals surface area contributed by atoms with E-state index in [-0.39, 0.29) is 12.3 Å². The van der Waals surface area contributed by atoms with E-state index < -0.39 is 0 Å². The Kier molecular flexibility index (Phi) is 4.15. The first-order valence-corrected chi connectivity index (χ1v) is 6.25. The number of hydrogen-bond acceptors (Lipinski definition) is 3. The van der Waals surface area contributed by atoms with Crippen LogP contribution in [0.2, 0.25) is 0 Å². The number of hydrogen-bond donors (Lipinski definition) is 0. The van der Waals surface area contributed by atoms with Gasteiger partial charge in [-0.2, -0.15) is 0 Å². The van der Waals surface area contributed by atoms with Gasteiger partial charge in [0.1, 0.15) is 0 Å². The Morgan fingerprint density at radius 3 is 2.50 bits per heavy atom. The second-order valence-electron chi connectivity index (χ2n) is 4.56. The molecule has 0 bridgehead atoms. The standard InChI is InChI=1S/C15H18O3/c1-11(2)12-6-8-13(9-7-12)15(16)18-14-5-3-4-10-17-14/h6-9,14H,1,3-5,10H2,2H3. The molecular formula is C15H18O3. The van der Waals surface area contributed by atoms with Crippen molar-refractivity contribution in [1.29, 1.82) is 0 Å². The molecule has 1 aromatic carbocycles. The normalized spacial score (nSPS) is 19.3. The molecule has 1 fully saturated rings. The van der Waals surface area contributed by atoms with E-state index in [0.717, 1.165) is 30.4 Å². The predicted octanol–water partition coefficient (Wildman–Crippen LogP) is 3.40. The summed E-state index contributed by atoms with van der Waals surface area (Å²) in [6, 6.07) is 7.27. The Morgan fingerprint density at radius 2 is 1.94 bits per heavy atom. The van der Waals surface area contributed by atoms with Crippen LogP contribution in [0.5, 0.6) is 0 Å². The van der Waals surface area contributed by atoms with Crippen LogP contribution in [-0.2, 0) is 9.47 Å². The van der Waals surface area contributed by atoms with Crippen LogP contribution in [0.4, 0.5) is 0 Å². The fraction of sp³-hybridized carbons (Fsp3) is 0.400. The van der Waals surface area contributed by atoms with Gasteiger partial charge in [0.15, 0.2) is 0 Å². The third-order valence-electron chi connectivity index (χ3n) is 2.99. The quantitative estimate of drug-likeness (QED) is 0.767. The number of ether oxygens (including phenoxy) is 2. The van der Waals surface area contributed by atoms with Gasteiger partial charge in [0.2, 0.25) is 6.29 Å². The highest BCUT2D eigenvalue weighted by molar-refractivity contribution is 5.89. The van der Waals surface area contributed by atoms with E-state index in [0.29, 0.717) is 12.2 Å². The summed E-state index contributed by atoms with van der Waals surface area (Å²) in [5.74, 6) is -0.324. The Bertz CT molecular complexity index is 428. The van der Waals surface area contributed by atoms with Gasteiger partial charge in [-0.25, -0.2) is 4.79 Å². The van der Waals surface area contributed by atoms with E-state index in [1.54, 1.807) is 12.1 Å². The summed E-state index contributed by atoms with van der Waals surface area (Å²) in [6.45, 7) is 6.46. The Morgan fingerprint density at radius 1 is 1.28 bits per heavy atom. The van der Waals surface area contributed by atoms with E-state index in [2.05, 4.69) is 6.58 Å². The number of rotatable bonds is 3. The summed E-state index contributed by atoms with van der Waals surface area (Å²) >= 11 is 0. The molecule has 1 aliphatic heterocycles. The van der Waals surface area contributed by atoms with Crippen molar-refractivity contribution in [2.24, 2.45) is 0 Å². The number of carbonyl (C=O) groups excluding carboxylic acids is 1. The van der Waals surface area contributed by atoms with E-state index in [1.165, 1.54) is 0 Å². The number of allylic oxidation sites excluding steroid dienone is 1. The van der Waals surface area contributed by atoms with Gasteiger partial charge < -0.3 is 9.47 Å². The predicted molar refractivity (Wildman–Crippen MR) is 70.2 cm³/mol. The first-order valence-electron chi connectivity index (χ1n) is 6.25. The topological polar surface area (TPSA) is 35.5 Å². The molecule has 0 saturated carbocycles. The van der Waals surface area contributed by atoms with Crippen molar-refractivity contribution in [2.75, 3.05) is 6.61 Å². The van der Waals surface area contributed by atoms with Crippen LogP contribution in [0.1, 0.15) is 42.1 Å². The van der Waals surface area contributed by atoms with Crippen molar-refractivity contribution < 1.29 is 14.3 Å². The van der Waals surface area contributed by atoms with Crippen molar-refractivity contribution in [1.82, 2.24) is 0 Å². The van der Waals surface area contributed by atoms with E-state index >= 15 is 0 Å². The minimum atomic E-state index is -0.382. The van der Waals surface area contributed by atoms with E-state index in [9.17, 15) is 4.79 Å².